The van der Waals surface area contributed by atoms with E-state index < -0.39 is 6.61 Å². The van der Waals surface area contributed by atoms with Gasteiger partial charge in [-0.15, -0.1) is 0 Å². The molecule has 0 bridgehead atoms. The molecular weight excluding hydrogens is 302 g/mol. The van der Waals surface area contributed by atoms with Gasteiger partial charge in [-0.3, -0.25) is 4.79 Å². The van der Waals surface area contributed by atoms with Crippen molar-refractivity contribution < 1.29 is 18.3 Å². The van der Waals surface area contributed by atoms with Crippen molar-refractivity contribution in [1.82, 2.24) is 0 Å². The second-order valence-electron chi connectivity index (χ2n) is 4.46. The zero-order valence-corrected chi connectivity index (χ0v) is 11.9. The summed E-state index contributed by atoms with van der Waals surface area (Å²) in [6, 6.07) is 14.4. The normalized spacial score (nSPS) is 10.5. The summed E-state index contributed by atoms with van der Waals surface area (Å²) in [6.07, 6.45) is 2.84. The first kappa shape index (κ1) is 16.2. The number of alkyl halides is 2. The lowest BCUT2D eigenvalue weighted by Crippen LogP contribution is -2.07. The standard InChI is InChI=1S/C17H12F2N2O2/c18-17(19)23-15-7-4-12(5-8-15)6-9-16(22)21-14-3-1-2-13(10-14)11-20/h1-10,17H,(H,21,22). The molecule has 116 valence electrons. The second kappa shape index (κ2) is 7.71. The Bertz CT molecular complexity index is 750. The Kier molecular flexibility index (Phi) is 5.42. The number of anilines is 1. The average molecular weight is 314 g/mol. The van der Waals surface area contributed by atoms with Gasteiger partial charge in [-0.05, 0) is 42.0 Å². The maximum absolute atomic E-state index is 12.0. The Morgan fingerprint density at radius 3 is 2.61 bits per heavy atom. The predicted molar refractivity (Wildman–Crippen MR) is 81.9 cm³/mol. The SMILES string of the molecule is N#Cc1cccc(NC(=O)C=Cc2ccc(OC(F)F)cc2)c1. The van der Waals surface area contributed by atoms with Crippen molar-refractivity contribution in [2.24, 2.45) is 0 Å². The van der Waals surface area contributed by atoms with Crippen LogP contribution in [0.4, 0.5) is 14.5 Å². The Morgan fingerprint density at radius 1 is 1.22 bits per heavy atom. The van der Waals surface area contributed by atoms with Crippen molar-refractivity contribution in [2.45, 2.75) is 6.61 Å². The van der Waals surface area contributed by atoms with Crippen molar-refractivity contribution in [3.05, 3.63) is 65.7 Å². The molecule has 0 aliphatic carbocycles. The quantitative estimate of drug-likeness (QED) is 0.854. The van der Waals surface area contributed by atoms with E-state index in [1.54, 1.807) is 36.4 Å². The van der Waals surface area contributed by atoms with Crippen LogP contribution in [-0.4, -0.2) is 12.5 Å². The van der Waals surface area contributed by atoms with Gasteiger partial charge in [-0.2, -0.15) is 14.0 Å². The molecule has 0 spiro atoms. The molecular formula is C17H12F2N2O2. The molecule has 6 heteroatoms. The van der Waals surface area contributed by atoms with Crippen LogP contribution in [0.15, 0.2) is 54.6 Å². The summed E-state index contributed by atoms with van der Waals surface area (Å²) in [5.74, 6) is -0.317. The van der Waals surface area contributed by atoms with Gasteiger partial charge in [-0.1, -0.05) is 18.2 Å². The number of carbonyl (C=O) groups excluding carboxylic acids is 1. The number of carbonyl (C=O) groups is 1. The fraction of sp³-hybridized carbons (Fsp3) is 0.0588. The monoisotopic (exact) mass is 314 g/mol. The maximum atomic E-state index is 12.0. The number of benzene rings is 2. The summed E-state index contributed by atoms with van der Waals surface area (Å²) in [4.78, 5) is 11.8. The second-order valence-corrected chi connectivity index (χ2v) is 4.46. The molecule has 0 radical (unpaired) electrons. The molecule has 2 aromatic carbocycles. The van der Waals surface area contributed by atoms with Crippen molar-refractivity contribution in [3.63, 3.8) is 0 Å². The van der Waals surface area contributed by atoms with Gasteiger partial charge in [0.1, 0.15) is 5.75 Å². The van der Waals surface area contributed by atoms with E-state index in [0.29, 0.717) is 16.8 Å². The highest BCUT2D eigenvalue weighted by Crippen LogP contribution is 2.16. The van der Waals surface area contributed by atoms with E-state index in [1.807, 2.05) is 6.07 Å². The minimum Gasteiger partial charge on any atom is -0.435 e. The van der Waals surface area contributed by atoms with Gasteiger partial charge < -0.3 is 10.1 Å². The van der Waals surface area contributed by atoms with Crippen molar-refractivity contribution >= 4 is 17.7 Å². The summed E-state index contributed by atoms with van der Waals surface area (Å²) in [5, 5.41) is 11.4. The molecule has 1 amide bonds. The zero-order valence-electron chi connectivity index (χ0n) is 11.9. The highest BCUT2D eigenvalue weighted by atomic mass is 19.3. The van der Waals surface area contributed by atoms with Crippen LogP contribution in [0, 0.1) is 11.3 Å². The molecule has 0 heterocycles. The summed E-state index contributed by atoms with van der Waals surface area (Å²) in [6.45, 7) is -2.87. The minimum absolute atomic E-state index is 0.0509. The first-order valence-corrected chi connectivity index (χ1v) is 6.61. The molecule has 23 heavy (non-hydrogen) atoms. The third-order valence-electron chi connectivity index (χ3n) is 2.79. The molecule has 2 rings (SSSR count). The Balaban J connectivity index is 1.96. The predicted octanol–water partition coefficient (Wildman–Crippen LogP) is 3.81. The Labute approximate surface area is 131 Å². The molecule has 2 aromatic rings. The first-order valence-electron chi connectivity index (χ1n) is 6.61. The molecule has 0 unspecified atom stereocenters. The number of ether oxygens (including phenoxy) is 1. The van der Waals surface area contributed by atoms with Gasteiger partial charge in [0, 0.05) is 11.8 Å². The van der Waals surface area contributed by atoms with Crippen LogP contribution >= 0.6 is 0 Å². The molecule has 0 fully saturated rings. The van der Waals surface area contributed by atoms with Crippen LogP contribution in [0.3, 0.4) is 0 Å². The van der Waals surface area contributed by atoms with E-state index in [2.05, 4.69) is 10.1 Å². The van der Waals surface area contributed by atoms with Crippen LogP contribution in [0.25, 0.3) is 6.08 Å². The molecule has 4 nitrogen and oxygen atoms in total. The highest BCUT2D eigenvalue weighted by Gasteiger charge is 2.03. The summed E-state index contributed by atoms with van der Waals surface area (Å²) >= 11 is 0. The van der Waals surface area contributed by atoms with Crippen molar-refractivity contribution in [2.75, 3.05) is 5.32 Å². The molecule has 0 atom stereocenters. The lowest BCUT2D eigenvalue weighted by molar-refractivity contribution is -0.111. The molecule has 0 saturated carbocycles. The van der Waals surface area contributed by atoms with Crippen LogP contribution in [0.1, 0.15) is 11.1 Å². The van der Waals surface area contributed by atoms with Crippen LogP contribution < -0.4 is 10.1 Å². The van der Waals surface area contributed by atoms with Crippen LogP contribution in [0.5, 0.6) is 5.75 Å². The number of halogens is 2. The fourth-order valence-electron chi connectivity index (χ4n) is 1.78. The van der Waals surface area contributed by atoms with Gasteiger partial charge >= 0.3 is 6.61 Å². The highest BCUT2D eigenvalue weighted by molar-refractivity contribution is 6.02. The summed E-state index contributed by atoms with van der Waals surface area (Å²) in [5.41, 5.74) is 1.62. The fourth-order valence-corrected chi connectivity index (χ4v) is 1.78. The summed E-state index contributed by atoms with van der Waals surface area (Å²) < 4.78 is 28.3. The number of nitriles is 1. The third kappa shape index (κ3) is 5.25. The molecule has 1 N–H and O–H groups in total. The third-order valence-corrected chi connectivity index (χ3v) is 2.79. The molecule has 0 aliphatic heterocycles. The van der Waals surface area contributed by atoms with Crippen LogP contribution in [0.2, 0.25) is 0 Å². The minimum atomic E-state index is -2.87. The topological polar surface area (TPSA) is 62.1 Å². The number of nitrogens with zero attached hydrogens (tertiary/aromatic N) is 1. The van der Waals surface area contributed by atoms with Gasteiger partial charge in [0.25, 0.3) is 0 Å². The van der Waals surface area contributed by atoms with Gasteiger partial charge in [-0.25, -0.2) is 0 Å². The Hall–Kier alpha value is -3.20. The number of hydrogen-bond donors (Lipinski definition) is 1. The van der Waals surface area contributed by atoms with E-state index in [9.17, 15) is 13.6 Å². The smallest absolute Gasteiger partial charge is 0.387 e. The van der Waals surface area contributed by atoms with Crippen molar-refractivity contribution in [3.8, 4) is 11.8 Å². The van der Waals surface area contributed by atoms with Gasteiger partial charge in [0.05, 0.1) is 11.6 Å². The van der Waals surface area contributed by atoms with Crippen LogP contribution in [-0.2, 0) is 4.79 Å². The zero-order chi connectivity index (χ0) is 16.7. The van der Waals surface area contributed by atoms with Gasteiger partial charge in [0.15, 0.2) is 0 Å². The lowest BCUT2D eigenvalue weighted by Gasteiger charge is -2.04. The first-order chi connectivity index (χ1) is 11.1. The van der Waals surface area contributed by atoms with Crippen molar-refractivity contribution in [1.29, 1.82) is 5.26 Å². The summed E-state index contributed by atoms with van der Waals surface area (Å²) in [7, 11) is 0. The van der Waals surface area contributed by atoms with E-state index in [0.717, 1.165) is 0 Å². The Morgan fingerprint density at radius 2 is 1.96 bits per heavy atom. The number of hydrogen-bond acceptors (Lipinski definition) is 3. The van der Waals surface area contributed by atoms with Gasteiger partial charge in [0.2, 0.25) is 5.91 Å². The maximum Gasteiger partial charge on any atom is 0.387 e. The largest absolute Gasteiger partial charge is 0.435 e. The molecule has 0 aliphatic rings. The molecule has 0 saturated heterocycles. The van der Waals surface area contributed by atoms with E-state index in [4.69, 9.17) is 5.26 Å². The van der Waals surface area contributed by atoms with E-state index >= 15 is 0 Å². The number of nitrogens with one attached hydrogen (secondary N) is 1. The lowest BCUT2D eigenvalue weighted by atomic mass is 10.2. The molecule has 0 aromatic heterocycles. The number of rotatable bonds is 5. The number of amides is 1. The average Bonchev–Trinajstić information content (AvgIpc) is 2.54. The van der Waals surface area contributed by atoms with E-state index in [-0.39, 0.29) is 11.7 Å². The van der Waals surface area contributed by atoms with E-state index in [1.165, 1.54) is 24.3 Å².